The van der Waals surface area contributed by atoms with Gasteiger partial charge in [-0.15, -0.1) is 0 Å². The average molecular weight is 285 g/mol. The van der Waals surface area contributed by atoms with E-state index in [1.165, 1.54) is 5.56 Å². The number of aryl methyl sites for hydroxylation is 1. The Kier molecular flexibility index (Phi) is 4.82. The topological polar surface area (TPSA) is 58.6 Å². The summed E-state index contributed by atoms with van der Waals surface area (Å²) in [7, 11) is 1.64. The van der Waals surface area contributed by atoms with Crippen molar-refractivity contribution in [2.24, 2.45) is 0 Å². The summed E-state index contributed by atoms with van der Waals surface area (Å²) in [6.07, 6.45) is 0.816. The fraction of sp³-hybridized carbons (Fsp3) is 0.235. The number of rotatable bonds is 6. The molecule has 2 aromatic carbocycles. The molecule has 0 atom stereocenters. The van der Waals surface area contributed by atoms with Crippen molar-refractivity contribution in [1.82, 2.24) is 0 Å². The van der Waals surface area contributed by atoms with E-state index in [2.05, 4.69) is 5.32 Å². The number of aromatic carboxylic acids is 1. The lowest BCUT2D eigenvalue weighted by molar-refractivity contribution is 0.0698. The maximum Gasteiger partial charge on any atom is 0.337 e. The van der Waals surface area contributed by atoms with E-state index in [1.54, 1.807) is 19.2 Å². The van der Waals surface area contributed by atoms with Gasteiger partial charge < -0.3 is 15.2 Å². The normalized spacial score (nSPS) is 10.2. The van der Waals surface area contributed by atoms with Crippen LogP contribution in [0.4, 0.5) is 5.69 Å². The van der Waals surface area contributed by atoms with E-state index in [-0.39, 0.29) is 0 Å². The second-order valence-electron chi connectivity index (χ2n) is 4.88. The molecule has 0 fully saturated rings. The van der Waals surface area contributed by atoms with Gasteiger partial charge in [0, 0.05) is 12.2 Å². The molecule has 0 heterocycles. The van der Waals surface area contributed by atoms with Crippen LogP contribution in [-0.4, -0.2) is 24.7 Å². The molecule has 0 aromatic heterocycles. The number of anilines is 1. The van der Waals surface area contributed by atoms with E-state index in [4.69, 9.17) is 4.74 Å². The predicted molar refractivity (Wildman–Crippen MR) is 83.3 cm³/mol. The van der Waals surface area contributed by atoms with Crippen LogP contribution in [0.3, 0.4) is 0 Å². The zero-order valence-electron chi connectivity index (χ0n) is 12.2. The first-order valence-corrected chi connectivity index (χ1v) is 6.81. The van der Waals surface area contributed by atoms with Gasteiger partial charge in [-0.25, -0.2) is 4.79 Å². The lowest BCUT2D eigenvalue weighted by atomic mass is 10.1. The fourth-order valence-corrected chi connectivity index (χ4v) is 2.12. The van der Waals surface area contributed by atoms with Crippen LogP contribution >= 0.6 is 0 Å². The molecule has 0 radical (unpaired) electrons. The third-order valence-electron chi connectivity index (χ3n) is 3.29. The van der Waals surface area contributed by atoms with Gasteiger partial charge in [-0.1, -0.05) is 18.2 Å². The second-order valence-corrected chi connectivity index (χ2v) is 4.88. The number of carboxylic acid groups (broad SMARTS) is 1. The summed E-state index contributed by atoms with van der Waals surface area (Å²) in [5.41, 5.74) is 3.17. The Morgan fingerprint density at radius 3 is 2.52 bits per heavy atom. The van der Waals surface area contributed by atoms with Crippen molar-refractivity contribution in [1.29, 1.82) is 0 Å². The van der Waals surface area contributed by atoms with Crippen LogP contribution in [0.2, 0.25) is 0 Å². The SMILES string of the molecule is COc1ccc(CCNc2cc(C)ccc2C(=O)O)cc1. The summed E-state index contributed by atoms with van der Waals surface area (Å²) in [4.78, 5) is 11.2. The molecule has 4 nitrogen and oxygen atoms in total. The van der Waals surface area contributed by atoms with Crippen molar-refractivity contribution < 1.29 is 14.6 Å². The monoisotopic (exact) mass is 285 g/mol. The van der Waals surface area contributed by atoms with Crippen LogP contribution < -0.4 is 10.1 Å². The Balaban J connectivity index is 1.99. The minimum Gasteiger partial charge on any atom is -0.497 e. The van der Waals surface area contributed by atoms with Crippen molar-refractivity contribution >= 4 is 11.7 Å². The molecule has 0 aliphatic heterocycles. The molecule has 0 saturated carbocycles. The van der Waals surface area contributed by atoms with Crippen LogP contribution in [0.25, 0.3) is 0 Å². The molecule has 0 aliphatic rings. The highest BCUT2D eigenvalue weighted by atomic mass is 16.5. The zero-order valence-corrected chi connectivity index (χ0v) is 12.2. The number of carboxylic acids is 1. The first-order valence-electron chi connectivity index (χ1n) is 6.81. The Morgan fingerprint density at radius 2 is 1.90 bits per heavy atom. The number of carbonyl (C=O) groups is 1. The third kappa shape index (κ3) is 3.99. The van der Waals surface area contributed by atoms with Crippen LogP contribution in [0.15, 0.2) is 42.5 Å². The highest BCUT2D eigenvalue weighted by molar-refractivity contribution is 5.94. The first kappa shape index (κ1) is 14.9. The van der Waals surface area contributed by atoms with Crippen LogP contribution in [0, 0.1) is 6.92 Å². The van der Waals surface area contributed by atoms with Crippen molar-refractivity contribution in [2.75, 3.05) is 19.0 Å². The Bertz CT molecular complexity index is 620. The summed E-state index contributed by atoms with van der Waals surface area (Å²) in [5.74, 6) is -0.0829. The summed E-state index contributed by atoms with van der Waals surface area (Å²) in [5, 5.41) is 12.4. The Labute approximate surface area is 124 Å². The molecule has 2 rings (SSSR count). The smallest absolute Gasteiger partial charge is 0.337 e. The van der Waals surface area contributed by atoms with E-state index in [1.807, 2.05) is 37.3 Å². The molecule has 2 aromatic rings. The van der Waals surface area contributed by atoms with Gasteiger partial charge in [0.2, 0.25) is 0 Å². The molecular formula is C17H19NO3. The predicted octanol–water partition coefficient (Wildman–Crippen LogP) is 3.36. The molecule has 0 amide bonds. The second kappa shape index (κ2) is 6.79. The fourth-order valence-electron chi connectivity index (χ4n) is 2.12. The molecule has 4 heteroatoms. The standard InChI is InChI=1S/C17H19NO3/c1-12-3-8-15(17(19)20)16(11-12)18-10-9-13-4-6-14(21-2)7-5-13/h3-8,11,18H,9-10H2,1-2H3,(H,19,20). The number of hydrogen-bond acceptors (Lipinski definition) is 3. The minimum atomic E-state index is -0.915. The van der Waals surface area contributed by atoms with Crippen molar-refractivity contribution in [3.8, 4) is 5.75 Å². The summed E-state index contributed by atoms with van der Waals surface area (Å²) >= 11 is 0. The minimum absolute atomic E-state index is 0.301. The quantitative estimate of drug-likeness (QED) is 0.854. The van der Waals surface area contributed by atoms with E-state index >= 15 is 0 Å². The Morgan fingerprint density at radius 1 is 1.19 bits per heavy atom. The van der Waals surface area contributed by atoms with Crippen LogP contribution in [-0.2, 0) is 6.42 Å². The van der Waals surface area contributed by atoms with E-state index in [0.29, 0.717) is 17.8 Å². The van der Waals surface area contributed by atoms with Gasteiger partial charge >= 0.3 is 5.97 Å². The van der Waals surface area contributed by atoms with Gasteiger partial charge in [0.25, 0.3) is 0 Å². The number of benzene rings is 2. The molecule has 2 N–H and O–H groups in total. The molecule has 0 aliphatic carbocycles. The van der Waals surface area contributed by atoms with Gasteiger partial charge in [-0.05, 0) is 48.7 Å². The summed E-state index contributed by atoms with van der Waals surface area (Å²) in [6.45, 7) is 2.62. The number of hydrogen-bond donors (Lipinski definition) is 2. The van der Waals surface area contributed by atoms with Crippen molar-refractivity contribution in [3.63, 3.8) is 0 Å². The molecular weight excluding hydrogens is 266 g/mol. The number of methoxy groups -OCH3 is 1. The van der Waals surface area contributed by atoms with Crippen LogP contribution in [0.1, 0.15) is 21.5 Å². The molecule has 0 spiro atoms. The van der Waals surface area contributed by atoms with Gasteiger partial charge in [-0.2, -0.15) is 0 Å². The van der Waals surface area contributed by atoms with Gasteiger partial charge in [0.05, 0.1) is 12.7 Å². The third-order valence-corrected chi connectivity index (χ3v) is 3.29. The van der Waals surface area contributed by atoms with Gasteiger partial charge in [0.1, 0.15) is 5.75 Å². The summed E-state index contributed by atoms with van der Waals surface area (Å²) < 4.78 is 5.12. The molecule has 110 valence electrons. The first-order chi connectivity index (χ1) is 10.1. The molecule has 0 unspecified atom stereocenters. The lowest BCUT2D eigenvalue weighted by Crippen LogP contribution is -2.09. The van der Waals surface area contributed by atoms with E-state index < -0.39 is 5.97 Å². The highest BCUT2D eigenvalue weighted by Crippen LogP contribution is 2.18. The van der Waals surface area contributed by atoms with Crippen LogP contribution in [0.5, 0.6) is 5.75 Å². The van der Waals surface area contributed by atoms with Crippen molar-refractivity contribution in [3.05, 3.63) is 59.2 Å². The Hall–Kier alpha value is -2.49. The highest BCUT2D eigenvalue weighted by Gasteiger charge is 2.09. The largest absolute Gasteiger partial charge is 0.497 e. The van der Waals surface area contributed by atoms with Gasteiger partial charge in [0.15, 0.2) is 0 Å². The maximum absolute atomic E-state index is 11.2. The maximum atomic E-state index is 11.2. The number of nitrogens with one attached hydrogen (secondary N) is 1. The lowest BCUT2D eigenvalue weighted by Gasteiger charge is -2.11. The molecule has 0 bridgehead atoms. The number of ether oxygens (including phenoxy) is 1. The molecule has 21 heavy (non-hydrogen) atoms. The van der Waals surface area contributed by atoms with E-state index in [9.17, 15) is 9.90 Å². The van der Waals surface area contributed by atoms with E-state index in [0.717, 1.165) is 17.7 Å². The average Bonchev–Trinajstić information content (AvgIpc) is 2.48. The van der Waals surface area contributed by atoms with Crippen molar-refractivity contribution in [2.45, 2.75) is 13.3 Å². The summed E-state index contributed by atoms with van der Waals surface area (Å²) in [6, 6.07) is 13.2. The van der Waals surface area contributed by atoms with Gasteiger partial charge in [-0.3, -0.25) is 0 Å². The zero-order chi connectivity index (χ0) is 15.2. The molecule has 0 saturated heterocycles.